The van der Waals surface area contributed by atoms with Crippen molar-refractivity contribution in [2.24, 2.45) is 0 Å². The maximum absolute atomic E-state index is 5.95. The maximum Gasteiger partial charge on any atom is 0.248 e. The Labute approximate surface area is 203 Å². The summed E-state index contributed by atoms with van der Waals surface area (Å²) in [5.41, 5.74) is 6.64. The molecule has 0 bridgehead atoms. The molecule has 1 N–H and O–H groups in total. The van der Waals surface area contributed by atoms with Gasteiger partial charge < -0.3 is 10.1 Å². The van der Waals surface area contributed by atoms with Crippen LogP contribution in [0.4, 0.5) is 5.95 Å². The van der Waals surface area contributed by atoms with Crippen LogP contribution >= 0.6 is 0 Å². The van der Waals surface area contributed by atoms with Gasteiger partial charge in [-0.3, -0.25) is 0 Å². The molecular formula is C29H23N5O. The second-order valence-electron chi connectivity index (χ2n) is 8.38. The minimum atomic E-state index is -0.131. The van der Waals surface area contributed by atoms with Crippen LogP contribution in [0, 0.1) is 0 Å². The first-order valence-electron chi connectivity index (χ1n) is 11.5. The molecule has 1 aliphatic heterocycles. The standard InChI is InChI=1S/C29H23N5O/c1-3-7-21(8-4-1)20-35-26-17-15-25(16-18-26)28-19-27(30-29-31-32-33-34(28)29)24-13-11-23(12-14-24)22-9-5-2-6-10-22/h1-19,28H,20H2,(H,30,31,33). The number of anilines is 1. The van der Waals surface area contributed by atoms with Crippen molar-refractivity contribution in [3.8, 4) is 16.9 Å². The molecule has 1 atom stereocenters. The largest absolute Gasteiger partial charge is 0.489 e. The number of rotatable bonds is 6. The molecule has 170 valence electrons. The summed E-state index contributed by atoms with van der Waals surface area (Å²) >= 11 is 0. The number of fused-ring (bicyclic) bond motifs is 1. The quantitative estimate of drug-likeness (QED) is 0.340. The van der Waals surface area contributed by atoms with Crippen molar-refractivity contribution in [3.05, 3.63) is 132 Å². The lowest BCUT2D eigenvalue weighted by Crippen LogP contribution is -2.20. The van der Waals surface area contributed by atoms with Gasteiger partial charge in [-0.25, -0.2) is 0 Å². The first-order chi connectivity index (χ1) is 17.3. The van der Waals surface area contributed by atoms with Crippen molar-refractivity contribution in [2.45, 2.75) is 12.6 Å². The van der Waals surface area contributed by atoms with E-state index in [1.54, 1.807) is 4.68 Å². The van der Waals surface area contributed by atoms with Gasteiger partial charge in [0.2, 0.25) is 5.95 Å². The lowest BCUT2D eigenvalue weighted by atomic mass is 9.99. The minimum absolute atomic E-state index is 0.131. The van der Waals surface area contributed by atoms with Crippen molar-refractivity contribution < 1.29 is 4.74 Å². The fraction of sp³-hybridized carbons (Fsp3) is 0.0690. The van der Waals surface area contributed by atoms with E-state index in [2.05, 4.69) is 99.7 Å². The fourth-order valence-corrected chi connectivity index (χ4v) is 4.23. The molecule has 0 amide bonds. The van der Waals surface area contributed by atoms with Gasteiger partial charge in [-0.05, 0) is 56.5 Å². The van der Waals surface area contributed by atoms with Crippen LogP contribution in [0.3, 0.4) is 0 Å². The fourth-order valence-electron chi connectivity index (χ4n) is 4.23. The van der Waals surface area contributed by atoms with Gasteiger partial charge in [0, 0.05) is 5.70 Å². The summed E-state index contributed by atoms with van der Waals surface area (Å²) in [5.74, 6) is 1.44. The minimum Gasteiger partial charge on any atom is -0.489 e. The van der Waals surface area contributed by atoms with Crippen LogP contribution in [-0.4, -0.2) is 20.2 Å². The predicted octanol–water partition coefficient (Wildman–Crippen LogP) is 5.98. The van der Waals surface area contributed by atoms with Gasteiger partial charge in [-0.15, -0.1) is 0 Å². The van der Waals surface area contributed by atoms with Crippen LogP contribution in [0.2, 0.25) is 0 Å². The number of benzene rings is 4. The van der Waals surface area contributed by atoms with E-state index in [4.69, 9.17) is 4.74 Å². The van der Waals surface area contributed by atoms with Crippen LogP contribution < -0.4 is 10.1 Å². The third-order valence-electron chi connectivity index (χ3n) is 6.10. The number of tetrazole rings is 1. The number of aromatic nitrogens is 4. The number of hydrogen-bond donors (Lipinski definition) is 1. The van der Waals surface area contributed by atoms with Crippen LogP contribution in [0.5, 0.6) is 5.75 Å². The second-order valence-corrected chi connectivity index (χ2v) is 8.38. The molecule has 1 unspecified atom stereocenters. The van der Waals surface area contributed by atoms with Crippen molar-refractivity contribution in [1.82, 2.24) is 20.2 Å². The van der Waals surface area contributed by atoms with E-state index in [0.717, 1.165) is 28.1 Å². The van der Waals surface area contributed by atoms with Gasteiger partial charge >= 0.3 is 0 Å². The molecule has 4 aromatic carbocycles. The summed E-state index contributed by atoms with van der Waals surface area (Å²) in [5, 5.41) is 15.6. The summed E-state index contributed by atoms with van der Waals surface area (Å²) in [4.78, 5) is 0. The number of nitrogens with one attached hydrogen (secondary N) is 1. The third-order valence-corrected chi connectivity index (χ3v) is 6.10. The molecule has 5 aromatic rings. The Bertz CT molecular complexity index is 1440. The first kappa shape index (κ1) is 20.9. The SMILES string of the molecule is C1=C(c2ccc(-c3ccccc3)cc2)Nc2nnnn2C1c1ccc(OCc2ccccc2)cc1. The van der Waals surface area contributed by atoms with Gasteiger partial charge in [0.05, 0.1) is 0 Å². The van der Waals surface area contributed by atoms with Crippen molar-refractivity contribution >= 4 is 11.6 Å². The molecule has 0 aliphatic carbocycles. The zero-order valence-corrected chi connectivity index (χ0v) is 19.0. The molecule has 0 saturated heterocycles. The molecule has 2 heterocycles. The van der Waals surface area contributed by atoms with E-state index < -0.39 is 0 Å². The molecule has 0 saturated carbocycles. The third kappa shape index (κ3) is 4.42. The highest BCUT2D eigenvalue weighted by atomic mass is 16.5. The van der Waals surface area contributed by atoms with E-state index in [1.165, 1.54) is 11.1 Å². The zero-order chi connectivity index (χ0) is 23.5. The number of hydrogen-bond acceptors (Lipinski definition) is 5. The Kier molecular flexibility index (Phi) is 5.53. The second kappa shape index (κ2) is 9.27. The monoisotopic (exact) mass is 457 g/mol. The Balaban J connectivity index is 1.24. The van der Waals surface area contributed by atoms with Crippen molar-refractivity contribution in [3.63, 3.8) is 0 Å². The maximum atomic E-state index is 5.95. The lowest BCUT2D eigenvalue weighted by molar-refractivity contribution is 0.306. The normalized spacial score (nSPS) is 14.5. The topological polar surface area (TPSA) is 64.9 Å². The van der Waals surface area contributed by atoms with Gasteiger partial charge in [-0.1, -0.05) is 102 Å². The van der Waals surface area contributed by atoms with E-state index in [0.29, 0.717) is 12.6 Å². The smallest absolute Gasteiger partial charge is 0.248 e. The highest BCUT2D eigenvalue weighted by molar-refractivity contribution is 5.78. The summed E-state index contributed by atoms with van der Waals surface area (Å²) in [7, 11) is 0. The first-order valence-corrected chi connectivity index (χ1v) is 11.5. The van der Waals surface area contributed by atoms with Gasteiger partial charge in [0.1, 0.15) is 18.4 Å². The van der Waals surface area contributed by atoms with Gasteiger partial charge in [0.25, 0.3) is 0 Å². The van der Waals surface area contributed by atoms with Crippen LogP contribution in [0.1, 0.15) is 22.7 Å². The zero-order valence-electron chi connectivity index (χ0n) is 19.0. The average molecular weight is 458 g/mol. The van der Waals surface area contributed by atoms with Crippen molar-refractivity contribution in [2.75, 3.05) is 5.32 Å². The Morgan fingerprint density at radius 2 is 1.37 bits per heavy atom. The summed E-state index contributed by atoms with van der Waals surface area (Å²) in [6.45, 7) is 0.535. The van der Waals surface area contributed by atoms with E-state index in [-0.39, 0.29) is 6.04 Å². The predicted molar refractivity (Wildman–Crippen MR) is 137 cm³/mol. The Morgan fingerprint density at radius 3 is 2.11 bits per heavy atom. The van der Waals surface area contributed by atoms with Crippen molar-refractivity contribution in [1.29, 1.82) is 0 Å². The molecule has 0 spiro atoms. The molecule has 1 aromatic heterocycles. The molecule has 0 fully saturated rings. The molecule has 1 aliphatic rings. The average Bonchev–Trinajstić information content (AvgIpc) is 3.42. The van der Waals surface area contributed by atoms with Crippen LogP contribution in [-0.2, 0) is 6.61 Å². The number of nitrogens with zero attached hydrogens (tertiary/aromatic N) is 4. The summed E-state index contributed by atoms with van der Waals surface area (Å²) < 4.78 is 7.75. The van der Waals surface area contributed by atoms with Crippen LogP contribution in [0.15, 0.2) is 115 Å². The molecule has 6 rings (SSSR count). The Hall–Kier alpha value is -4.71. The molecule has 6 heteroatoms. The highest BCUT2D eigenvalue weighted by Gasteiger charge is 2.24. The van der Waals surface area contributed by atoms with Crippen LogP contribution in [0.25, 0.3) is 16.8 Å². The molecule has 35 heavy (non-hydrogen) atoms. The van der Waals surface area contributed by atoms with E-state index in [9.17, 15) is 0 Å². The molecule has 6 nitrogen and oxygen atoms in total. The summed E-state index contributed by atoms with van der Waals surface area (Å²) in [6, 6.07) is 37.0. The van der Waals surface area contributed by atoms with Gasteiger partial charge in [-0.2, -0.15) is 4.68 Å². The summed E-state index contributed by atoms with van der Waals surface area (Å²) in [6.07, 6.45) is 2.15. The van der Waals surface area contributed by atoms with E-state index >= 15 is 0 Å². The number of ether oxygens (including phenoxy) is 1. The Morgan fingerprint density at radius 1 is 0.714 bits per heavy atom. The van der Waals surface area contributed by atoms with Gasteiger partial charge in [0.15, 0.2) is 0 Å². The highest BCUT2D eigenvalue weighted by Crippen LogP contribution is 2.33. The van der Waals surface area contributed by atoms with E-state index in [1.807, 2.05) is 36.4 Å². The number of allylic oxidation sites excluding steroid dienone is 1. The molecular weight excluding hydrogens is 434 g/mol. The lowest BCUT2D eigenvalue weighted by Gasteiger charge is -2.23. The molecule has 0 radical (unpaired) electrons.